The Bertz CT molecular complexity index is 1070. The number of benzene rings is 1. The van der Waals surface area contributed by atoms with Crippen LogP contribution in [-0.2, 0) is 17.8 Å². The van der Waals surface area contributed by atoms with E-state index in [0.29, 0.717) is 17.5 Å². The first-order valence-electron chi connectivity index (χ1n) is 9.33. The topological polar surface area (TPSA) is 77.6 Å². The molecule has 1 aromatic carbocycles. The Kier molecular flexibility index (Phi) is 4.47. The lowest BCUT2D eigenvalue weighted by molar-refractivity contribution is -0.121. The second-order valence-corrected chi connectivity index (χ2v) is 8.52. The third-order valence-electron chi connectivity index (χ3n) is 5.33. The van der Waals surface area contributed by atoms with Gasteiger partial charge in [0.2, 0.25) is 5.91 Å². The van der Waals surface area contributed by atoms with Crippen molar-refractivity contribution in [3.05, 3.63) is 45.7 Å². The van der Waals surface area contributed by atoms with Crippen molar-refractivity contribution in [1.29, 1.82) is 0 Å². The molecular formula is C19H18BrClN6O. The average molecular weight is 462 g/mol. The van der Waals surface area contributed by atoms with Gasteiger partial charge in [0.25, 0.3) is 0 Å². The van der Waals surface area contributed by atoms with E-state index in [1.165, 1.54) is 12.8 Å². The first-order chi connectivity index (χ1) is 13.6. The molecular weight excluding hydrogens is 444 g/mol. The molecule has 1 N–H and O–H groups in total. The first kappa shape index (κ1) is 17.9. The fourth-order valence-electron chi connectivity index (χ4n) is 4.01. The van der Waals surface area contributed by atoms with Gasteiger partial charge in [-0.1, -0.05) is 40.4 Å². The van der Waals surface area contributed by atoms with Crippen LogP contribution in [0.25, 0.3) is 17.1 Å². The summed E-state index contributed by atoms with van der Waals surface area (Å²) in [4.78, 5) is 21.3. The van der Waals surface area contributed by atoms with Gasteiger partial charge in [0.15, 0.2) is 16.8 Å². The van der Waals surface area contributed by atoms with E-state index in [1.807, 2.05) is 22.8 Å². The minimum Gasteiger partial charge on any atom is -0.353 e. The minimum atomic E-state index is -0.0230. The molecule has 1 aliphatic carbocycles. The molecule has 0 saturated heterocycles. The maximum Gasteiger partial charge on any atom is 0.227 e. The highest BCUT2D eigenvalue weighted by molar-refractivity contribution is 9.10. The number of carbonyl (C=O) groups excluding carboxylic acids is 1. The molecule has 2 aromatic heterocycles. The molecule has 1 aliphatic heterocycles. The van der Waals surface area contributed by atoms with Crippen LogP contribution in [-0.4, -0.2) is 36.3 Å². The summed E-state index contributed by atoms with van der Waals surface area (Å²) in [6, 6.07) is 6.26. The Hall–Kier alpha value is -2.19. The molecule has 7 nitrogen and oxygen atoms in total. The fraction of sp³-hybridized carbons (Fsp3) is 0.368. The number of hydrogen-bond donors (Lipinski definition) is 1. The van der Waals surface area contributed by atoms with Gasteiger partial charge in [-0.2, -0.15) is 5.10 Å². The number of nitrogens with zero attached hydrogens (tertiary/aromatic N) is 5. The van der Waals surface area contributed by atoms with Gasteiger partial charge in [-0.25, -0.2) is 14.6 Å². The largest absolute Gasteiger partial charge is 0.353 e. The summed E-state index contributed by atoms with van der Waals surface area (Å²) in [6.07, 6.45) is 6.37. The Morgan fingerprint density at radius 3 is 2.96 bits per heavy atom. The van der Waals surface area contributed by atoms with E-state index in [1.54, 1.807) is 11.0 Å². The van der Waals surface area contributed by atoms with Crippen LogP contribution in [0.1, 0.15) is 37.2 Å². The molecule has 3 aromatic rings. The third-order valence-corrected chi connectivity index (χ3v) is 6.14. The predicted molar refractivity (Wildman–Crippen MR) is 108 cm³/mol. The Morgan fingerprint density at radius 2 is 2.14 bits per heavy atom. The van der Waals surface area contributed by atoms with Gasteiger partial charge in [0.05, 0.1) is 24.3 Å². The molecule has 3 heterocycles. The van der Waals surface area contributed by atoms with Crippen LogP contribution in [0, 0.1) is 0 Å². The Labute approximate surface area is 175 Å². The number of hydrogen-bond acceptors (Lipinski definition) is 4. The molecule has 1 amide bonds. The average Bonchev–Trinajstić information content (AvgIpc) is 3.36. The second-order valence-electron chi connectivity index (χ2n) is 7.25. The minimum absolute atomic E-state index is 0.0230. The molecule has 0 spiro atoms. The number of nitrogens with one attached hydrogen (secondary N) is 1. The molecule has 2 aliphatic rings. The van der Waals surface area contributed by atoms with Gasteiger partial charge in [0.1, 0.15) is 6.33 Å². The van der Waals surface area contributed by atoms with E-state index < -0.39 is 0 Å². The molecule has 5 rings (SSSR count). The van der Waals surface area contributed by atoms with Crippen molar-refractivity contribution in [2.75, 3.05) is 0 Å². The summed E-state index contributed by atoms with van der Waals surface area (Å²) in [6.45, 7) is 0.442. The van der Waals surface area contributed by atoms with Gasteiger partial charge in [-0.05, 0) is 31.0 Å². The number of rotatable bonds is 3. The standard InChI is InChI=1S/C19H18BrClN6O/c20-11-5-6-14-13(7-11)19-24-16(8-17(28)23-12-3-1-2-4-12)25-27(19)9-15-18(21)22-10-26(14)15/h5-7,10,12H,1-4,8-9H2,(H,23,28). The molecule has 0 radical (unpaired) electrons. The fourth-order valence-corrected chi connectivity index (χ4v) is 4.56. The van der Waals surface area contributed by atoms with Crippen LogP contribution in [0.4, 0.5) is 0 Å². The number of amides is 1. The van der Waals surface area contributed by atoms with Crippen LogP contribution in [0.2, 0.25) is 5.15 Å². The molecule has 0 bridgehead atoms. The van der Waals surface area contributed by atoms with Gasteiger partial charge in [-0.3, -0.25) is 9.36 Å². The van der Waals surface area contributed by atoms with Crippen molar-refractivity contribution in [3.8, 4) is 17.1 Å². The molecule has 28 heavy (non-hydrogen) atoms. The van der Waals surface area contributed by atoms with Crippen molar-refractivity contribution in [3.63, 3.8) is 0 Å². The van der Waals surface area contributed by atoms with Gasteiger partial charge in [0, 0.05) is 16.1 Å². The summed E-state index contributed by atoms with van der Waals surface area (Å²) in [5.41, 5.74) is 2.69. The molecule has 1 saturated carbocycles. The van der Waals surface area contributed by atoms with Crippen molar-refractivity contribution in [2.45, 2.75) is 44.7 Å². The number of halogens is 2. The van der Waals surface area contributed by atoms with E-state index in [2.05, 4.69) is 31.3 Å². The van der Waals surface area contributed by atoms with E-state index in [9.17, 15) is 4.79 Å². The number of carbonyl (C=O) groups is 1. The smallest absolute Gasteiger partial charge is 0.227 e. The second kappa shape index (κ2) is 7.00. The summed E-state index contributed by atoms with van der Waals surface area (Å²) >= 11 is 9.85. The Balaban J connectivity index is 1.51. The summed E-state index contributed by atoms with van der Waals surface area (Å²) < 4.78 is 4.71. The Morgan fingerprint density at radius 1 is 1.32 bits per heavy atom. The highest BCUT2D eigenvalue weighted by atomic mass is 79.9. The molecule has 0 atom stereocenters. The van der Waals surface area contributed by atoms with E-state index in [0.717, 1.165) is 40.1 Å². The van der Waals surface area contributed by atoms with Gasteiger partial charge < -0.3 is 5.32 Å². The summed E-state index contributed by atoms with van der Waals surface area (Å²) in [5.74, 6) is 1.21. The van der Waals surface area contributed by atoms with Crippen molar-refractivity contribution >= 4 is 33.4 Å². The van der Waals surface area contributed by atoms with Crippen LogP contribution in [0.3, 0.4) is 0 Å². The zero-order chi connectivity index (χ0) is 19.3. The normalized spacial score (nSPS) is 15.6. The zero-order valence-electron chi connectivity index (χ0n) is 15.0. The van der Waals surface area contributed by atoms with Gasteiger partial charge >= 0.3 is 0 Å². The number of imidazole rings is 1. The van der Waals surface area contributed by atoms with E-state index in [-0.39, 0.29) is 18.4 Å². The summed E-state index contributed by atoms with van der Waals surface area (Å²) in [7, 11) is 0. The van der Waals surface area contributed by atoms with Crippen molar-refractivity contribution in [2.24, 2.45) is 0 Å². The predicted octanol–water partition coefficient (Wildman–Crippen LogP) is 3.51. The first-order valence-corrected chi connectivity index (χ1v) is 10.5. The molecule has 9 heteroatoms. The van der Waals surface area contributed by atoms with Crippen molar-refractivity contribution < 1.29 is 4.79 Å². The maximum atomic E-state index is 12.4. The molecule has 144 valence electrons. The highest BCUT2D eigenvalue weighted by Gasteiger charge is 2.26. The lowest BCUT2D eigenvalue weighted by Gasteiger charge is -2.10. The van der Waals surface area contributed by atoms with Crippen LogP contribution in [0.15, 0.2) is 29.0 Å². The van der Waals surface area contributed by atoms with E-state index in [4.69, 9.17) is 16.6 Å². The maximum absolute atomic E-state index is 12.4. The van der Waals surface area contributed by atoms with Crippen LogP contribution in [0.5, 0.6) is 0 Å². The molecule has 1 fully saturated rings. The summed E-state index contributed by atoms with van der Waals surface area (Å²) in [5, 5.41) is 8.14. The van der Waals surface area contributed by atoms with Crippen molar-refractivity contribution in [1.82, 2.24) is 29.6 Å². The van der Waals surface area contributed by atoms with E-state index >= 15 is 0 Å². The monoisotopic (exact) mass is 460 g/mol. The van der Waals surface area contributed by atoms with Crippen LogP contribution >= 0.6 is 27.5 Å². The lowest BCUT2D eigenvalue weighted by Crippen LogP contribution is -2.34. The quantitative estimate of drug-likeness (QED) is 0.506. The lowest BCUT2D eigenvalue weighted by atomic mass is 10.1. The zero-order valence-corrected chi connectivity index (χ0v) is 17.4. The highest BCUT2D eigenvalue weighted by Crippen LogP contribution is 2.34. The third kappa shape index (κ3) is 3.14. The SMILES string of the molecule is O=C(Cc1nc2n(n1)Cc1c(Cl)ncn1-c1ccc(Br)cc1-2)NC1CCCC1. The number of fused-ring (bicyclic) bond motifs is 5. The number of aromatic nitrogens is 5. The van der Waals surface area contributed by atoms with Gasteiger partial charge in [-0.15, -0.1) is 0 Å². The molecule has 0 unspecified atom stereocenters. The van der Waals surface area contributed by atoms with Crippen LogP contribution < -0.4 is 5.32 Å².